The van der Waals surface area contributed by atoms with Gasteiger partial charge in [-0.1, -0.05) is 5.16 Å². The summed E-state index contributed by atoms with van der Waals surface area (Å²) in [5, 5.41) is 8.81. The number of carbonyl (C=O) groups is 3. The van der Waals surface area contributed by atoms with E-state index in [1.54, 1.807) is 51.3 Å². The number of hydrogen-bond donors (Lipinski definition) is 2. The number of methoxy groups -OCH3 is 1. The third-order valence-corrected chi connectivity index (χ3v) is 3.87. The highest BCUT2D eigenvalue weighted by Gasteiger charge is 2.17. The average molecular weight is 373 g/mol. The molecule has 27 heavy (non-hydrogen) atoms. The molecule has 2 aromatic rings. The zero-order chi connectivity index (χ0) is 19.8. The lowest BCUT2D eigenvalue weighted by Crippen LogP contribution is -2.41. The number of anilines is 1. The fourth-order valence-electron chi connectivity index (χ4n) is 2.37. The molecular weight excluding hydrogens is 350 g/mol. The number of aromatic nitrogens is 1. The zero-order valence-electron chi connectivity index (χ0n) is 15.6. The van der Waals surface area contributed by atoms with Crippen molar-refractivity contribution >= 4 is 23.4 Å². The van der Waals surface area contributed by atoms with Crippen LogP contribution in [0.15, 0.2) is 34.9 Å². The first-order chi connectivity index (χ1) is 12.9. The van der Waals surface area contributed by atoms with Crippen LogP contribution in [0.1, 0.15) is 42.3 Å². The summed E-state index contributed by atoms with van der Waals surface area (Å²) in [6.45, 7) is 3.28. The van der Waals surface area contributed by atoms with E-state index in [0.29, 0.717) is 29.3 Å². The molecule has 0 bridgehead atoms. The van der Waals surface area contributed by atoms with Gasteiger partial charge < -0.3 is 19.9 Å². The van der Waals surface area contributed by atoms with Crippen LogP contribution in [0.2, 0.25) is 0 Å². The molecule has 0 aliphatic rings. The molecule has 0 aliphatic heterocycles. The largest absolute Gasteiger partial charge is 0.497 e. The van der Waals surface area contributed by atoms with Crippen molar-refractivity contribution in [3.63, 3.8) is 0 Å². The fourth-order valence-corrected chi connectivity index (χ4v) is 2.37. The average Bonchev–Trinajstić information content (AvgIpc) is 3.06. The molecule has 1 aromatic heterocycles. The number of benzene rings is 1. The van der Waals surface area contributed by atoms with E-state index in [1.165, 1.54) is 0 Å². The Labute approximate surface area is 157 Å². The topological polar surface area (TPSA) is 111 Å². The van der Waals surface area contributed by atoms with Crippen molar-refractivity contribution in [2.45, 2.75) is 39.2 Å². The normalized spacial score (nSPS) is 11.5. The van der Waals surface area contributed by atoms with Gasteiger partial charge in [-0.3, -0.25) is 14.4 Å². The molecule has 0 unspecified atom stereocenters. The molecule has 8 heteroatoms. The Morgan fingerprint density at radius 3 is 2.48 bits per heavy atom. The Bertz CT molecular complexity index is 798. The molecule has 0 saturated carbocycles. The molecule has 1 aromatic carbocycles. The summed E-state index contributed by atoms with van der Waals surface area (Å²) in [6, 6.07) is 7.68. The first kappa shape index (κ1) is 20.2. The molecular formula is C19H23N3O5. The van der Waals surface area contributed by atoms with Gasteiger partial charge in [-0.05, 0) is 44.5 Å². The van der Waals surface area contributed by atoms with Crippen LogP contribution in [0.4, 0.5) is 5.82 Å². The first-order valence-corrected chi connectivity index (χ1v) is 8.60. The first-order valence-electron chi connectivity index (χ1n) is 8.60. The number of rotatable bonds is 9. The van der Waals surface area contributed by atoms with E-state index in [4.69, 9.17) is 9.26 Å². The van der Waals surface area contributed by atoms with Gasteiger partial charge in [-0.2, -0.15) is 0 Å². The van der Waals surface area contributed by atoms with Crippen molar-refractivity contribution in [1.29, 1.82) is 0 Å². The number of nitrogens with zero attached hydrogens (tertiary/aromatic N) is 1. The van der Waals surface area contributed by atoms with Crippen molar-refractivity contribution in [3.8, 4) is 5.75 Å². The van der Waals surface area contributed by atoms with Gasteiger partial charge in [0.25, 0.3) is 0 Å². The molecule has 0 fully saturated rings. The standard InChI is InChI=1S/C19H23N3O5/c1-12-11-17(22-27-12)21-19(25)13(2)20-18(24)6-4-5-16(23)14-7-9-15(26-3)10-8-14/h7-11,13H,4-6H2,1-3H3,(H,20,24)(H,21,22,25)/t13-/m0/s1. The number of ketones is 1. The van der Waals surface area contributed by atoms with Crippen LogP contribution in [-0.4, -0.2) is 35.9 Å². The minimum absolute atomic E-state index is 0.0438. The van der Waals surface area contributed by atoms with Gasteiger partial charge in [-0.15, -0.1) is 0 Å². The quantitative estimate of drug-likeness (QED) is 0.654. The molecule has 2 amide bonds. The molecule has 1 atom stereocenters. The van der Waals surface area contributed by atoms with Gasteiger partial charge >= 0.3 is 0 Å². The molecule has 144 valence electrons. The van der Waals surface area contributed by atoms with Gasteiger partial charge in [0.15, 0.2) is 11.6 Å². The van der Waals surface area contributed by atoms with Crippen molar-refractivity contribution in [3.05, 3.63) is 41.7 Å². The van der Waals surface area contributed by atoms with E-state index in [-0.39, 0.29) is 24.5 Å². The third kappa shape index (κ3) is 6.25. The highest BCUT2D eigenvalue weighted by atomic mass is 16.5. The Balaban J connectivity index is 1.71. The van der Waals surface area contributed by atoms with Gasteiger partial charge in [-0.25, -0.2) is 0 Å². The van der Waals surface area contributed by atoms with E-state index in [0.717, 1.165) is 0 Å². The highest BCUT2D eigenvalue weighted by Crippen LogP contribution is 2.14. The number of ether oxygens (including phenoxy) is 1. The Hall–Kier alpha value is -3.16. The number of amides is 2. The Morgan fingerprint density at radius 1 is 1.19 bits per heavy atom. The maximum absolute atomic E-state index is 12.1. The van der Waals surface area contributed by atoms with Gasteiger partial charge in [0.05, 0.1) is 7.11 Å². The minimum atomic E-state index is -0.730. The van der Waals surface area contributed by atoms with Crippen LogP contribution in [-0.2, 0) is 9.59 Å². The lowest BCUT2D eigenvalue weighted by Gasteiger charge is -2.12. The van der Waals surface area contributed by atoms with Gasteiger partial charge in [0.1, 0.15) is 17.6 Å². The summed E-state index contributed by atoms with van der Waals surface area (Å²) in [7, 11) is 1.56. The van der Waals surface area contributed by atoms with E-state index in [1.807, 2.05) is 0 Å². The number of nitrogens with one attached hydrogen (secondary N) is 2. The Kier molecular flexibility index (Phi) is 7.10. The van der Waals surface area contributed by atoms with Crippen LogP contribution >= 0.6 is 0 Å². The van der Waals surface area contributed by atoms with Gasteiger partial charge in [0.2, 0.25) is 11.8 Å². The zero-order valence-corrected chi connectivity index (χ0v) is 15.6. The molecule has 0 radical (unpaired) electrons. The second-order valence-corrected chi connectivity index (χ2v) is 6.11. The molecule has 2 N–H and O–H groups in total. The fraction of sp³-hybridized carbons (Fsp3) is 0.368. The van der Waals surface area contributed by atoms with Crippen molar-refractivity contribution in [1.82, 2.24) is 10.5 Å². The lowest BCUT2D eigenvalue weighted by molar-refractivity contribution is -0.126. The molecule has 2 rings (SSSR count). The third-order valence-electron chi connectivity index (χ3n) is 3.87. The number of Topliss-reactive ketones (excluding diaryl/α,β-unsaturated/α-hetero) is 1. The summed E-state index contributed by atoms with van der Waals surface area (Å²) in [5.74, 6) is 0.811. The second kappa shape index (κ2) is 9.51. The summed E-state index contributed by atoms with van der Waals surface area (Å²) >= 11 is 0. The molecule has 8 nitrogen and oxygen atoms in total. The van der Waals surface area contributed by atoms with E-state index >= 15 is 0 Å². The van der Waals surface area contributed by atoms with Gasteiger partial charge in [0, 0.05) is 24.5 Å². The van der Waals surface area contributed by atoms with Crippen LogP contribution < -0.4 is 15.4 Å². The lowest BCUT2D eigenvalue weighted by atomic mass is 10.1. The van der Waals surface area contributed by atoms with Crippen LogP contribution in [0.3, 0.4) is 0 Å². The smallest absolute Gasteiger partial charge is 0.247 e. The maximum atomic E-state index is 12.1. The summed E-state index contributed by atoms with van der Waals surface area (Å²) in [5.41, 5.74) is 0.576. The van der Waals surface area contributed by atoms with E-state index in [2.05, 4.69) is 15.8 Å². The van der Waals surface area contributed by atoms with Crippen molar-refractivity contribution in [2.75, 3.05) is 12.4 Å². The highest BCUT2D eigenvalue weighted by molar-refractivity contribution is 5.97. The predicted molar refractivity (Wildman–Crippen MR) is 98.6 cm³/mol. The number of aryl methyl sites for hydroxylation is 1. The van der Waals surface area contributed by atoms with Crippen LogP contribution in [0.5, 0.6) is 5.75 Å². The van der Waals surface area contributed by atoms with Crippen LogP contribution in [0.25, 0.3) is 0 Å². The summed E-state index contributed by atoms with van der Waals surface area (Å²) < 4.78 is 9.91. The Morgan fingerprint density at radius 2 is 1.89 bits per heavy atom. The number of hydrogen-bond acceptors (Lipinski definition) is 6. The van der Waals surface area contributed by atoms with Crippen LogP contribution in [0, 0.1) is 6.92 Å². The number of carbonyl (C=O) groups excluding carboxylic acids is 3. The summed E-state index contributed by atoms with van der Waals surface area (Å²) in [4.78, 5) is 36.1. The second-order valence-electron chi connectivity index (χ2n) is 6.11. The minimum Gasteiger partial charge on any atom is -0.497 e. The predicted octanol–water partition coefficient (Wildman–Crippen LogP) is 2.49. The SMILES string of the molecule is COc1ccc(C(=O)CCCC(=O)N[C@@H](C)C(=O)Nc2cc(C)on2)cc1. The maximum Gasteiger partial charge on any atom is 0.247 e. The molecule has 1 heterocycles. The van der Waals surface area contributed by atoms with Crippen molar-refractivity contribution < 1.29 is 23.6 Å². The monoisotopic (exact) mass is 373 g/mol. The molecule has 0 aliphatic carbocycles. The molecule has 0 spiro atoms. The van der Waals surface area contributed by atoms with E-state index in [9.17, 15) is 14.4 Å². The van der Waals surface area contributed by atoms with E-state index < -0.39 is 11.9 Å². The summed E-state index contributed by atoms with van der Waals surface area (Å²) in [6.07, 6.45) is 0.800. The van der Waals surface area contributed by atoms with Crippen molar-refractivity contribution in [2.24, 2.45) is 0 Å². The molecule has 0 saturated heterocycles.